The van der Waals surface area contributed by atoms with Crippen molar-refractivity contribution in [2.75, 3.05) is 0 Å². The predicted octanol–water partition coefficient (Wildman–Crippen LogP) is 2.78. The molecule has 1 unspecified atom stereocenters. The number of halogens is 2. The molecule has 4 nitrogen and oxygen atoms in total. The molecule has 0 saturated heterocycles. The van der Waals surface area contributed by atoms with Gasteiger partial charge >= 0.3 is 0 Å². The molecule has 2 aromatic rings. The minimum atomic E-state index is -0.0674. The molecule has 3 N–H and O–H groups in total. The number of nitrogens with zero attached hydrogens (tertiary/aromatic N) is 2. The molecular weight excluding hydrogens is 283 g/mol. The summed E-state index contributed by atoms with van der Waals surface area (Å²) < 4.78 is 1.82. The zero-order valence-corrected chi connectivity index (χ0v) is 12.3. The van der Waals surface area contributed by atoms with Gasteiger partial charge in [0.1, 0.15) is 0 Å². The van der Waals surface area contributed by atoms with Gasteiger partial charge in [0.15, 0.2) is 0 Å². The Bertz CT molecular complexity index is 580. The topological polar surface area (TPSA) is 55.9 Å². The zero-order chi connectivity index (χ0) is 14.0. The molecule has 0 aliphatic heterocycles. The Balaban J connectivity index is 2.29. The minimum Gasteiger partial charge on any atom is -0.271 e. The quantitative estimate of drug-likeness (QED) is 0.674. The third kappa shape index (κ3) is 3.28. The van der Waals surface area contributed by atoms with Crippen molar-refractivity contribution in [2.24, 2.45) is 12.9 Å². The van der Waals surface area contributed by atoms with Crippen LogP contribution in [0.3, 0.4) is 0 Å². The molecule has 1 atom stereocenters. The molecule has 0 amide bonds. The van der Waals surface area contributed by atoms with Crippen LogP contribution in [0.15, 0.2) is 24.3 Å². The Hall–Kier alpha value is -1.07. The van der Waals surface area contributed by atoms with Crippen LogP contribution in [-0.2, 0) is 13.5 Å². The number of aryl methyl sites for hydroxylation is 2. The van der Waals surface area contributed by atoms with Gasteiger partial charge in [-0.25, -0.2) is 0 Å². The van der Waals surface area contributed by atoms with Crippen molar-refractivity contribution < 1.29 is 0 Å². The van der Waals surface area contributed by atoms with Crippen LogP contribution in [0.4, 0.5) is 0 Å². The monoisotopic (exact) mass is 298 g/mol. The molecule has 1 heterocycles. The molecule has 1 aromatic carbocycles. The van der Waals surface area contributed by atoms with E-state index in [0.29, 0.717) is 16.5 Å². The lowest BCUT2D eigenvalue weighted by Gasteiger charge is -2.17. The van der Waals surface area contributed by atoms with Gasteiger partial charge in [0, 0.05) is 17.1 Å². The molecule has 1 aromatic heterocycles. The first kappa shape index (κ1) is 14.3. The van der Waals surface area contributed by atoms with E-state index in [1.54, 1.807) is 12.1 Å². The Morgan fingerprint density at radius 1 is 1.37 bits per heavy atom. The van der Waals surface area contributed by atoms with Gasteiger partial charge in [0.25, 0.3) is 0 Å². The van der Waals surface area contributed by atoms with E-state index in [1.165, 1.54) is 0 Å². The fraction of sp³-hybridized carbons (Fsp3) is 0.308. The van der Waals surface area contributed by atoms with Crippen LogP contribution in [0.1, 0.15) is 23.0 Å². The SMILES string of the molecule is Cc1cc(C(Cc2cc(Cl)ccc2Cl)NN)n(C)n1. The molecule has 2 rings (SSSR count). The highest BCUT2D eigenvalue weighted by Gasteiger charge is 2.17. The van der Waals surface area contributed by atoms with Crippen molar-refractivity contribution in [2.45, 2.75) is 19.4 Å². The normalized spacial score (nSPS) is 12.7. The molecule has 0 fully saturated rings. The van der Waals surface area contributed by atoms with Crippen molar-refractivity contribution in [3.8, 4) is 0 Å². The number of nitrogens with two attached hydrogens (primary N) is 1. The van der Waals surface area contributed by atoms with Gasteiger partial charge in [-0.05, 0) is 43.2 Å². The van der Waals surface area contributed by atoms with E-state index in [-0.39, 0.29) is 6.04 Å². The van der Waals surface area contributed by atoms with Crippen molar-refractivity contribution >= 4 is 23.2 Å². The minimum absolute atomic E-state index is 0.0674. The Morgan fingerprint density at radius 3 is 2.68 bits per heavy atom. The summed E-state index contributed by atoms with van der Waals surface area (Å²) in [4.78, 5) is 0. The number of hydrazine groups is 1. The lowest BCUT2D eigenvalue weighted by molar-refractivity contribution is 0.508. The first-order valence-electron chi connectivity index (χ1n) is 5.92. The van der Waals surface area contributed by atoms with Gasteiger partial charge in [0.2, 0.25) is 0 Å². The third-order valence-corrected chi connectivity index (χ3v) is 3.63. The van der Waals surface area contributed by atoms with E-state index in [0.717, 1.165) is 17.0 Å². The summed E-state index contributed by atoms with van der Waals surface area (Å²) in [6.07, 6.45) is 0.648. The number of hydrogen-bond donors (Lipinski definition) is 2. The standard InChI is InChI=1S/C13H16Cl2N4/c1-8-5-13(19(2)18-8)12(17-16)7-9-6-10(14)3-4-11(9)15/h3-6,12,17H,7,16H2,1-2H3. The van der Waals surface area contributed by atoms with Crippen molar-refractivity contribution in [3.63, 3.8) is 0 Å². The zero-order valence-electron chi connectivity index (χ0n) is 10.8. The molecule has 19 heavy (non-hydrogen) atoms. The average molecular weight is 299 g/mol. The van der Waals surface area contributed by atoms with Crippen LogP contribution in [0, 0.1) is 6.92 Å². The van der Waals surface area contributed by atoms with Crippen LogP contribution in [0.25, 0.3) is 0 Å². The maximum Gasteiger partial charge on any atom is 0.0669 e. The Kier molecular flexibility index (Phi) is 4.47. The second-order valence-corrected chi connectivity index (χ2v) is 5.34. The number of benzene rings is 1. The van der Waals surface area contributed by atoms with Crippen molar-refractivity contribution in [1.82, 2.24) is 15.2 Å². The number of rotatable bonds is 4. The molecule has 0 aliphatic carbocycles. The van der Waals surface area contributed by atoms with Crippen LogP contribution in [0.2, 0.25) is 10.0 Å². The predicted molar refractivity (Wildman–Crippen MR) is 78.2 cm³/mol. The number of aromatic nitrogens is 2. The molecule has 0 aliphatic rings. The van der Waals surface area contributed by atoms with Crippen molar-refractivity contribution in [1.29, 1.82) is 0 Å². The van der Waals surface area contributed by atoms with Gasteiger partial charge in [-0.3, -0.25) is 16.0 Å². The number of nitrogens with one attached hydrogen (secondary N) is 1. The van der Waals surface area contributed by atoms with Gasteiger partial charge < -0.3 is 0 Å². The number of hydrogen-bond acceptors (Lipinski definition) is 3. The molecule has 6 heteroatoms. The summed E-state index contributed by atoms with van der Waals surface area (Å²) >= 11 is 12.2. The third-order valence-electron chi connectivity index (χ3n) is 3.03. The molecule has 0 saturated carbocycles. The summed E-state index contributed by atoms with van der Waals surface area (Å²) in [5.41, 5.74) is 5.72. The summed E-state index contributed by atoms with van der Waals surface area (Å²) in [5, 5.41) is 5.67. The van der Waals surface area contributed by atoms with E-state index in [2.05, 4.69) is 10.5 Å². The molecular formula is C13H16Cl2N4. The Labute approximate surface area is 122 Å². The van der Waals surface area contributed by atoms with Gasteiger partial charge in [-0.1, -0.05) is 23.2 Å². The average Bonchev–Trinajstić information content (AvgIpc) is 2.69. The highest BCUT2D eigenvalue weighted by Crippen LogP contribution is 2.26. The highest BCUT2D eigenvalue weighted by atomic mass is 35.5. The molecule has 102 valence electrons. The van der Waals surface area contributed by atoms with E-state index in [1.807, 2.05) is 30.8 Å². The molecule has 0 spiro atoms. The van der Waals surface area contributed by atoms with E-state index in [4.69, 9.17) is 29.0 Å². The Morgan fingerprint density at radius 2 is 2.11 bits per heavy atom. The van der Waals surface area contributed by atoms with Crippen LogP contribution in [-0.4, -0.2) is 9.78 Å². The van der Waals surface area contributed by atoms with Crippen LogP contribution < -0.4 is 11.3 Å². The highest BCUT2D eigenvalue weighted by molar-refractivity contribution is 6.33. The van der Waals surface area contributed by atoms with E-state index >= 15 is 0 Å². The summed E-state index contributed by atoms with van der Waals surface area (Å²) in [6, 6.07) is 7.36. The summed E-state index contributed by atoms with van der Waals surface area (Å²) in [7, 11) is 1.90. The molecule has 0 radical (unpaired) electrons. The lowest BCUT2D eigenvalue weighted by atomic mass is 10.0. The van der Waals surface area contributed by atoms with Crippen LogP contribution in [0.5, 0.6) is 0 Å². The maximum absolute atomic E-state index is 6.18. The first-order chi connectivity index (χ1) is 9.01. The van der Waals surface area contributed by atoms with Crippen molar-refractivity contribution in [3.05, 3.63) is 51.3 Å². The largest absolute Gasteiger partial charge is 0.271 e. The fourth-order valence-electron chi connectivity index (χ4n) is 2.13. The van der Waals surface area contributed by atoms with Gasteiger partial charge in [0.05, 0.1) is 17.4 Å². The second kappa shape index (κ2) is 5.92. The van der Waals surface area contributed by atoms with E-state index in [9.17, 15) is 0 Å². The second-order valence-electron chi connectivity index (χ2n) is 4.49. The maximum atomic E-state index is 6.18. The summed E-state index contributed by atoms with van der Waals surface area (Å²) in [6.45, 7) is 1.95. The molecule has 0 bridgehead atoms. The fourth-order valence-corrected chi connectivity index (χ4v) is 2.51. The van der Waals surface area contributed by atoms with Gasteiger partial charge in [-0.15, -0.1) is 0 Å². The van der Waals surface area contributed by atoms with Crippen LogP contribution >= 0.6 is 23.2 Å². The van der Waals surface area contributed by atoms with Gasteiger partial charge in [-0.2, -0.15) is 5.10 Å². The first-order valence-corrected chi connectivity index (χ1v) is 6.67. The smallest absolute Gasteiger partial charge is 0.0669 e. The lowest BCUT2D eigenvalue weighted by Crippen LogP contribution is -2.31. The van der Waals surface area contributed by atoms with E-state index < -0.39 is 0 Å². The summed E-state index contributed by atoms with van der Waals surface area (Å²) in [5.74, 6) is 5.65.